The topological polar surface area (TPSA) is 66.3 Å². The summed E-state index contributed by atoms with van der Waals surface area (Å²) in [5.74, 6) is -1.26. The van der Waals surface area contributed by atoms with E-state index in [-0.39, 0.29) is 0 Å². The van der Waals surface area contributed by atoms with Crippen molar-refractivity contribution in [3.63, 3.8) is 0 Å². The van der Waals surface area contributed by atoms with Crippen molar-refractivity contribution in [2.45, 2.75) is 18.9 Å². The van der Waals surface area contributed by atoms with Gasteiger partial charge >= 0.3 is 5.97 Å². The van der Waals surface area contributed by atoms with Gasteiger partial charge in [-0.15, -0.1) is 5.10 Å². The minimum atomic E-state index is -0.789. The van der Waals surface area contributed by atoms with E-state index in [1.54, 1.807) is 0 Å². The standard InChI is InChI=1S/C13H11BrClN3O2S/c14-7-1-2-11-9(5-7)8(13(19)20)3-4-18(11)6-10-12(15)21-17-16-10/h1-2,5,8H,3-4,6H2,(H,19,20). The van der Waals surface area contributed by atoms with E-state index >= 15 is 0 Å². The van der Waals surface area contributed by atoms with Crippen molar-refractivity contribution in [3.8, 4) is 0 Å². The molecule has 0 fully saturated rings. The summed E-state index contributed by atoms with van der Waals surface area (Å²) in [6.45, 7) is 1.19. The number of benzene rings is 1. The predicted octanol–water partition coefficient (Wildman–Crippen LogP) is 3.53. The van der Waals surface area contributed by atoms with Crippen LogP contribution in [0.1, 0.15) is 23.6 Å². The molecule has 2 aromatic rings. The number of halogens is 2. The van der Waals surface area contributed by atoms with Gasteiger partial charge in [0.25, 0.3) is 0 Å². The molecular formula is C13H11BrClN3O2S. The van der Waals surface area contributed by atoms with Crippen LogP contribution in [0.5, 0.6) is 0 Å². The maximum absolute atomic E-state index is 11.4. The number of hydrogen-bond donors (Lipinski definition) is 1. The summed E-state index contributed by atoms with van der Waals surface area (Å²) in [5, 5.41) is 13.4. The van der Waals surface area contributed by atoms with E-state index < -0.39 is 11.9 Å². The van der Waals surface area contributed by atoms with Crippen molar-refractivity contribution in [1.82, 2.24) is 9.59 Å². The molecule has 1 atom stereocenters. The maximum atomic E-state index is 11.4. The number of aromatic nitrogens is 2. The number of fused-ring (bicyclic) bond motifs is 1. The fourth-order valence-electron chi connectivity index (χ4n) is 2.55. The lowest BCUT2D eigenvalue weighted by Crippen LogP contribution is -2.33. The summed E-state index contributed by atoms with van der Waals surface area (Å²) in [6, 6.07) is 5.72. The third kappa shape index (κ3) is 2.90. The highest BCUT2D eigenvalue weighted by atomic mass is 79.9. The first-order valence-electron chi connectivity index (χ1n) is 6.30. The molecule has 0 saturated heterocycles. The summed E-state index contributed by atoms with van der Waals surface area (Å²) < 4.78 is 5.29. The minimum Gasteiger partial charge on any atom is -0.481 e. The van der Waals surface area contributed by atoms with Gasteiger partial charge in [0.05, 0.1) is 12.5 Å². The second-order valence-electron chi connectivity index (χ2n) is 4.80. The van der Waals surface area contributed by atoms with E-state index in [2.05, 4.69) is 30.4 Å². The lowest BCUT2D eigenvalue weighted by molar-refractivity contribution is -0.139. The van der Waals surface area contributed by atoms with Crippen LogP contribution in [0.4, 0.5) is 5.69 Å². The second-order valence-corrected chi connectivity index (χ2v) is 7.07. The molecule has 8 heteroatoms. The van der Waals surface area contributed by atoms with Crippen LogP contribution in [0.3, 0.4) is 0 Å². The minimum absolute atomic E-state index is 0.474. The molecule has 1 aliphatic heterocycles. The van der Waals surface area contributed by atoms with Crippen molar-refractivity contribution in [3.05, 3.63) is 38.3 Å². The van der Waals surface area contributed by atoms with Crippen LogP contribution in [0.25, 0.3) is 0 Å². The first-order valence-corrected chi connectivity index (χ1v) is 8.24. The third-order valence-electron chi connectivity index (χ3n) is 3.54. The van der Waals surface area contributed by atoms with Gasteiger partial charge in [-0.3, -0.25) is 4.79 Å². The van der Waals surface area contributed by atoms with Crippen LogP contribution in [0.2, 0.25) is 4.34 Å². The molecule has 0 saturated carbocycles. The Morgan fingerprint density at radius 2 is 2.38 bits per heavy atom. The fourth-order valence-corrected chi connectivity index (χ4v) is 3.54. The lowest BCUT2D eigenvalue weighted by Gasteiger charge is -2.34. The van der Waals surface area contributed by atoms with Crippen LogP contribution in [0.15, 0.2) is 22.7 Å². The van der Waals surface area contributed by atoms with Gasteiger partial charge in [-0.05, 0) is 30.2 Å². The van der Waals surface area contributed by atoms with Crippen LogP contribution in [-0.2, 0) is 11.3 Å². The van der Waals surface area contributed by atoms with E-state index in [1.807, 2.05) is 18.2 Å². The Morgan fingerprint density at radius 1 is 1.57 bits per heavy atom. The van der Waals surface area contributed by atoms with Crippen LogP contribution in [0, 0.1) is 0 Å². The van der Waals surface area contributed by atoms with Crippen molar-refractivity contribution in [2.24, 2.45) is 0 Å². The molecule has 1 aromatic carbocycles. The van der Waals surface area contributed by atoms with E-state index in [4.69, 9.17) is 11.6 Å². The molecule has 1 aliphatic rings. The molecular weight excluding hydrogens is 378 g/mol. The Kier molecular flexibility index (Phi) is 4.14. The van der Waals surface area contributed by atoms with Crippen molar-refractivity contribution < 1.29 is 9.90 Å². The number of rotatable bonds is 3. The zero-order valence-corrected chi connectivity index (χ0v) is 14.0. The summed E-state index contributed by atoms with van der Waals surface area (Å²) >= 11 is 10.6. The van der Waals surface area contributed by atoms with Gasteiger partial charge in [-0.1, -0.05) is 32.0 Å². The van der Waals surface area contributed by atoms with Crippen molar-refractivity contribution in [2.75, 3.05) is 11.4 Å². The van der Waals surface area contributed by atoms with Gasteiger partial charge in [-0.25, -0.2) is 0 Å². The monoisotopic (exact) mass is 387 g/mol. The molecule has 110 valence electrons. The van der Waals surface area contributed by atoms with Crippen LogP contribution in [-0.4, -0.2) is 27.2 Å². The maximum Gasteiger partial charge on any atom is 0.311 e. The zero-order valence-electron chi connectivity index (χ0n) is 10.8. The Morgan fingerprint density at radius 3 is 3.05 bits per heavy atom. The number of nitrogens with zero attached hydrogens (tertiary/aromatic N) is 3. The second kappa shape index (κ2) is 5.90. The Hall–Kier alpha value is -1.18. The van der Waals surface area contributed by atoms with Crippen LogP contribution < -0.4 is 4.90 Å². The number of hydrogen-bond acceptors (Lipinski definition) is 5. The van der Waals surface area contributed by atoms with Gasteiger partial charge < -0.3 is 10.0 Å². The Balaban J connectivity index is 1.96. The molecule has 1 aromatic heterocycles. The Bertz CT molecular complexity index is 694. The zero-order chi connectivity index (χ0) is 15.0. The number of aliphatic carboxylic acids is 1. The normalized spacial score (nSPS) is 17.6. The number of carboxylic acid groups (broad SMARTS) is 1. The molecule has 1 unspecified atom stereocenters. The molecule has 0 radical (unpaired) electrons. The van der Waals surface area contributed by atoms with Gasteiger partial charge in [0.2, 0.25) is 0 Å². The summed E-state index contributed by atoms with van der Waals surface area (Å²) in [4.78, 5) is 13.5. The predicted molar refractivity (Wildman–Crippen MR) is 85.1 cm³/mol. The van der Waals surface area contributed by atoms with Crippen molar-refractivity contribution in [1.29, 1.82) is 0 Å². The molecule has 2 heterocycles. The molecule has 21 heavy (non-hydrogen) atoms. The molecule has 0 amide bonds. The average molecular weight is 389 g/mol. The third-order valence-corrected chi connectivity index (χ3v) is 5.02. The van der Waals surface area contributed by atoms with Gasteiger partial charge in [0.1, 0.15) is 10.0 Å². The van der Waals surface area contributed by atoms with Gasteiger partial charge in [0.15, 0.2) is 0 Å². The number of carbonyl (C=O) groups is 1. The van der Waals surface area contributed by atoms with Gasteiger partial charge in [-0.2, -0.15) is 0 Å². The van der Waals surface area contributed by atoms with E-state index in [0.29, 0.717) is 23.8 Å². The van der Waals surface area contributed by atoms with Gasteiger partial charge in [0, 0.05) is 28.2 Å². The molecule has 3 rings (SSSR count). The number of anilines is 1. The van der Waals surface area contributed by atoms with E-state index in [0.717, 1.165) is 32.9 Å². The smallest absolute Gasteiger partial charge is 0.311 e. The van der Waals surface area contributed by atoms with Crippen molar-refractivity contribution >= 4 is 50.7 Å². The fraction of sp³-hybridized carbons (Fsp3) is 0.308. The average Bonchev–Trinajstić information content (AvgIpc) is 2.84. The Labute approximate surface area is 138 Å². The first kappa shape index (κ1) is 14.7. The highest BCUT2D eigenvalue weighted by Crippen LogP contribution is 2.38. The SMILES string of the molecule is O=C(O)C1CCN(Cc2nnsc2Cl)c2ccc(Br)cc21. The van der Waals surface area contributed by atoms with E-state index in [1.165, 1.54) is 0 Å². The summed E-state index contributed by atoms with van der Waals surface area (Å²) in [5.41, 5.74) is 2.47. The molecule has 5 nitrogen and oxygen atoms in total. The quantitative estimate of drug-likeness (QED) is 0.871. The molecule has 0 aliphatic carbocycles. The highest BCUT2D eigenvalue weighted by molar-refractivity contribution is 9.10. The highest BCUT2D eigenvalue weighted by Gasteiger charge is 2.30. The summed E-state index contributed by atoms with van der Waals surface area (Å²) in [7, 11) is 0. The molecule has 1 N–H and O–H groups in total. The van der Waals surface area contributed by atoms with Crippen LogP contribution >= 0.6 is 39.1 Å². The largest absolute Gasteiger partial charge is 0.481 e. The molecule has 0 bridgehead atoms. The first-order chi connectivity index (χ1) is 10.1. The number of carboxylic acids is 1. The lowest BCUT2D eigenvalue weighted by atomic mass is 9.90. The molecule has 0 spiro atoms. The van der Waals surface area contributed by atoms with E-state index in [9.17, 15) is 9.90 Å². The summed E-state index contributed by atoms with van der Waals surface area (Å²) in [6.07, 6.45) is 0.563.